The summed E-state index contributed by atoms with van der Waals surface area (Å²) >= 11 is 0. The van der Waals surface area contributed by atoms with Gasteiger partial charge in [-0.2, -0.15) is 0 Å². The van der Waals surface area contributed by atoms with Crippen LogP contribution in [0, 0.1) is 0 Å². The van der Waals surface area contributed by atoms with Crippen molar-refractivity contribution in [3.63, 3.8) is 0 Å². The van der Waals surface area contributed by atoms with Gasteiger partial charge in [-0.1, -0.05) is 0 Å². The second-order valence-corrected chi connectivity index (χ2v) is 3.70. The van der Waals surface area contributed by atoms with Gasteiger partial charge in [-0.15, -0.1) is 0 Å². The molecule has 0 saturated carbocycles. The number of hydrogen-bond donors (Lipinski definition) is 2. The molecule has 3 heteroatoms. The highest BCUT2D eigenvalue weighted by Gasteiger charge is 2.31. The molecule has 1 aliphatic rings. The molecule has 0 spiro atoms. The first-order valence-corrected chi connectivity index (χ1v) is 4.59. The van der Waals surface area contributed by atoms with Gasteiger partial charge in [0.25, 0.3) is 0 Å². The molecule has 2 rings (SSSR count). The quantitative estimate of drug-likeness (QED) is 0.660. The highest BCUT2D eigenvalue weighted by atomic mass is 16.3. The number of rotatable bonds is 1. The fourth-order valence-electron chi connectivity index (χ4n) is 2.01. The molecule has 70 valence electrons. The summed E-state index contributed by atoms with van der Waals surface area (Å²) < 4.78 is 0. The van der Waals surface area contributed by atoms with Gasteiger partial charge in [0.05, 0.1) is 12.1 Å². The molecule has 1 aromatic heterocycles. The molecule has 13 heavy (non-hydrogen) atoms. The standard InChI is InChI=1S/C10H14N2O/c11-10(7-13)4-1-2-8-6-12-5-3-9(8)10/h3,5-6,13H,1-2,4,7,11H2. The number of nitrogens with two attached hydrogens (primary N) is 1. The van der Waals surface area contributed by atoms with Crippen LogP contribution in [0.15, 0.2) is 18.5 Å². The molecule has 3 nitrogen and oxygen atoms in total. The van der Waals surface area contributed by atoms with Gasteiger partial charge in [0, 0.05) is 12.4 Å². The Morgan fingerprint density at radius 2 is 2.46 bits per heavy atom. The third kappa shape index (κ3) is 1.34. The van der Waals surface area contributed by atoms with Crippen molar-refractivity contribution in [2.45, 2.75) is 24.8 Å². The van der Waals surface area contributed by atoms with Crippen molar-refractivity contribution in [1.82, 2.24) is 4.98 Å². The average Bonchev–Trinajstić information content (AvgIpc) is 2.19. The topological polar surface area (TPSA) is 59.1 Å². The van der Waals surface area contributed by atoms with Crippen LogP contribution >= 0.6 is 0 Å². The number of aromatic nitrogens is 1. The number of pyridine rings is 1. The molecule has 1 atom stereocenters. The fraction of sp³-hybridized carbons (Fsp3) is 0.500. The number of aliphatic hydroxyl groups excluding tert-OH is 1. The molecule has 0 amide bonds. The van der Waals surface area contributed by atoms with E-state index in [1.807, 2.05) is 12.3 Å². The van der Waals surface area contributed by atoms with E-state index in [1.54, 1.807) is 6.20 Å². The fourth-order valence-corrected chi connectivity index (χ4v) is 2.01. The Hall–Kier alpha value is -0.930. The zero-order valence-electron chi connectivity index (χ0n) is 7.53. The zero-order chi connectivity index (χ0) is 9.31. The molecular formula is C10H14N2O. The number of nitrogens with zero attached hydrogens (tertiary/aromatic N) is 1. The number of aryl methyl sites for hydroxylation is 1. The summed E-state index contributed by atoms with van der Waals surface area (Å²) in [4.78, 5) is 4.06. The van der Waals surface area contributed by atoms with Gasteiger partial charge in [-0.25, -0.2) is 0 Å². The Morgan fingerprint density at radius 1 is 1.62 bits per heavy atom. The number of fused-ring (bicyclic) bond motifs is 1. The first-order chi connectivity index (χ1) is 6.26. The Labute approximate surface area is 77.6 Å². The monoisotopic (exact) mass is 178 g/mol. The van der Waals surface area contributed by atoms with E-state index >= 15 is 0 Å². The summed E-state index contributed by atoms with van der Waals surface area (Å²) in [5.74, 6) is 0. The molecule has 1 aromatic rings. The maximum atomic E-state index is 9.25. The van der Waals surface area contributed by atoms with Crippen LogP contribution in [0.25, 0.3) is 0 Å². The highest BCUT2D eigenvalue weighted by Crippen LogP contribution is 2.31. The Balaban J connectivity index is 2.48. The normalized spacial score (nSPS) is 26.9. The third-order valence-electron chi connectivity index (χ3n) is 2.79. The molecule has 1 heterocycles. The molecule has 0 aliphatic heterocycles. The van der Waals surface area contributed by atoms with Crippen LogP contribution < -0.4 is 5.73 Å². The van der Waals surface area contributed by atoms with Gasteiger partial charge < -0.3 is 10.8 Å². The molecule has 3 N–H and O–H groups in total. The second kappa shape index (κ2) is 3.09. The molecule has 0 saturated heterocycles. The molecule has 0 radical (unpaired) electrons. The molecular weight excluding hydrogens is 164 g/mol. The summed E-state index contributed by atoms with van der Waals surface area (Å²) in [5, 5.41) is 9.25. The van der Waals surface area contributed by atoms with Crippen molar-refractivity contribution in [3.8, 4) is 0 Å². The van der Waals surface area contributed by atoms with Gasteiger partial charge in [-0.3, -0.25) is 4.98 Å². The predicted molar refractivity (Wildman–Crippen MR) is 50.1 cm³/mol. The van der Waals surface area contributed by atoms with Crippen molar-refractivity contribution in [3.05, 3.63) is 29.6 Å². The van der Waals surface area contributed by atoms with Crippen LogP contribution in [0.5, 0.6) is 0 Å². The molecule has 1 aliphatic carbocycles. The van der Waals surface area contributed by atoms with Gasteiger partial charge in [0.15, 0.2) is 0 Å². The van der Waals surface area contributed by atoms with E-state index in [-0.39, 0.29) is 6.61 Å². The Kier molecular flexibility index (Phi) is 2.06. The maximum Gasteiger partial charge on any atom is 0.0653 e. The van der Waals surface area contributed by atoms with Crippen LogP contribution in [0.3, 0.4) is 0 Å². The first kappa shape index (κ1) is 8.66. The van der Waals surface area contributed by atoms with E-state index in [0.29, 0.717) is 0 Å². The van der Waals surface area contributed by atoms with Crippen molar-refractivity contribution in [1.29, 1.82) is 0 Å². The van der Waals surface area contributed by atoms with Gasteiger partial charge in [-0.05, 0) is 36.5 Å². The zero-order valence-corrected chi connectivity index (χ0v) is 7.53. The van der Waals surface area contributed by atoms with E-state index in [0.717, 1.165) is 24.8 Å². The largest absolute Gasteiger partial charge is 0.394 e. The lowest BCUT2D eigenvalue weighted by molar-refractivity contribution is 0.178. The van der Waals surface area contributed by atoms with Gasteiger partial charge in [0.2, 0.25) is 0 Å². The maximum absolute atomic E-state index is 9.25. The lowest BCUT2D eigenvalue weighted by Crippen LogP contribution is -2.43. The van der Waals surface area contributed by atoms with Gasteiger partial charge in [0.1, 0.15) is 0 Å². The highest BCUT2D eigenvalue weighted by molar-refractivity contribution is 5.33. The third-order valence-corrected chi connectivity index (χ3v) is 2.79. The van der Waals surface area contributed by atoms with Crippen LogP contribution in [0.1, 0.15) is 24.0 Å². The molecule has 1 unspecified atom stereocenters. The summed E-state index contributed by atoms with van der Waals surface area (Å²) in [6, 6.07) is 1.92. The van der Waals surface area contributed by atoms with Gasteiger partial charge >= 0.3 is 0 Å². The Morgan fingerprint density at radius 3 is 3.23 bits per heavy atom. The second-order valence-electron chi connectivity index (χ2n) is 3.70. The van der Waals surface area contributed by atoms with Crippen molar-refractivity contribution < 1.29 is 5.11 Å². The van der Waals surface area contributed by atoms with Crippen LogP contribution in [-0.2, 0) is 12.0 Å². The molecule has 0 aromatic carbocycles. The summed E-state index contributed by atoms with van der Waals surface area (Å²) in [6.45, 7) is 0.0179. The summed E-state index contributed by atoms with van der Waals surface area (Å²) in [6.07, 6.45) is 6.52. The lowest BCUT2D eigenvalue weighted by atomic mass is 9.78. The van der Waals surface area contributed by atoms with E-state index in [9.17, 15) is 5.11 Å². The minimum absolute atomic E-state index is 0.0179. The van der Waals surface area contributed by atoms with E-state index in [2.05, 4.69) is 4.98 Å². The molecule has 0 fully saturated rings. The van der Waals surface area contributed by atoms with E-state index < -0.39 is 5.54 Å². The molecule has 0 bridgehead atoms. The van der Waals surface area contributed by atoms with Crippen LogP contribution in [-0.4, -0.2) is 16.7 Å². The predicted octanol–water partition coefficient (Wildman–Crippen LogP) is 0.564. The van der Waals surface area contributed by atoms with Crippen molar-refractivity contribution in [2.24, 2.45) is 5.73 Å². The smallest absolute Gasteiger partial charge is 0.0653 e. The van der Waals surface area contributed by atoms with E-state index in [1.165, 1.54) is 5.56 Å². The van der Waals surface area contributed by atoms with E-state index in [4.69, 9.17) is 5.73 Å². The lowest BCUT2D eigenvalue weighted by Gasteiger charge is -2.33. The first-order valence-electron chi connectivity index (χ1n) is 4.59. The summed E-state index contributed by atoms with van der Waals surface area (Å²) in [5.41, 5.74) is 7.81. The van der Waals surface area contributed by atoms with Crippen molar-refractivity contribution in [2.75, 3.05) is 6.61 Å². The number of aliphatic hydroxyl groups is 1. The van der Waals surface area contributed by atoms with Crippen LogP contribution in [0.4, 0.5) is 0 Å². The Bertz CT molecular complexity index is 314. The van der Waals surface area contributed by atoms with Crippen LogP contribution in [0.2, 0.25) is 0 Å². The van der Waals surface area contributed by atoms with Crippen molar-refractivity contribution >= 4 is 0 Å². The number of hydrogen-bond acceptors (Lipinski definition) is 3. The minimum Gasteiger partial charge on any atom is -0.394 e. The SMILES string of the molecule is NC1(CO)CCCc2cnccc21. The minimum atomic E-state index is -0.531. The average molecular weight is 178 g/mol. The summed E-state index contributed by atoms with van der Waals surface area (Å²) in [7, 11) is 0.